The highest BCUT2D eigenvalue weighted by Gasteiger charge is 2.11. The van der Waals surface area contributed by atoms with Gasteiger partial charge in [0.25, 0.3) is 0 Å². The molecular weight excluding hydrogens is 254 g/mol. The number of hydrogen-bond acceptors (Lipinski definition) is 4. The number of nitriles is 1. The van der Waals surface area contributed by atoms with E-state index in [1.165, 1.54) is 29.7 Å². The van der Waals surface area contributed by atoms with Crippen molar-refractivity contribution in [2.45, 2.75) is 32.7 Å². The molecule has 0 radical (unpaired) electrons. The molecule has 0 aliphatic carbocycles. The van der Waals surface area contributed by atoms with E-state index in [1.807, 2.05) is 12.1 Å². The average Bonchev–Trinajstić information content (AvgIpc) is 2.89. The lowest BCUT2D eigenvalue weighted by Crippen LogP contribution is -1.94. The molecule has 0 saturated heterocycles. The molecule has 0 amide bonds. The van der Waals surface area contributed by atoms with Gasteiger partial charge < -0.3 is 5.73 Å². The highest BCUT2D eigenvalue weighted by Crippen LogP contribution is 2.27. The van der Waals surface area contributed by atoms with Crippen LogP contribution < -0.4 is 5.73 Å². The maximum atomic E-state index is 9.14. The number of aryl methyl sites for hydroxylation is 1. The van der Waals surface area contributed by atoms with Gasteiger partial charge >= 0.3 is 0 Å². The number of hydrogen-bond donors (Lipinski definition) is 1. The van der Waals surface area contributed by atoms with Crippen LogP contribution in [-0.2, 0) is 13.0 Å². The van der Waals surface area contributed by atoms with Crippen molar-refractivity contribution in [3.05, 3.63) is 39.7 Å². The summed E-state index contributed by atoms with van der Waals surface area (Å²) in [6, 6.07) is 10.5. The molecule has 2 N–H and O–H groups in total. The van der Waals surface area contributed by atoms with E-state index >= 15 is 0 Å². The van der Waals surface area contributed by atoms with E-state index in [9.17, 15) is 0 Å². The molecule has 0 atom stereocenters. The fourth-order valence-electron chi connectivity index (χ4n) is 1.93. The predicted molar refractivity (Wildman–Crippen MR) is 78.8 cm³/mol. The molecule has 2 rings (SSSR count). The molecule has 19 heavy (non-hydrogen) atoms. The second kappa shape index (κ2) is 6.46. The molecule has 1 aromatic heterocycles. The zero-order valence-corrected chi connectivity index (χ0v) is 11.8. The standard InChI is InChI=1S/C15H17N3S/c1-2-3-4-11-5-7-12(8-6-11)15-13(9-16)19-14(10-17)18-15/h5-8H,2-4,10,17H2,1H3. The van der Waals surface area contributed by atoms with Gasteiger partial charge in [0.2, 0.25) is 0 Å². The van der Waals surface area contributed by atoms with E-state index < -0.39 is 0 Å². The molecule has 98 valence electrons. The Bertz CT molecular complexity index is 578. The predicted octanol–water partition coefficient (Wildman–Crippen LogP) is 3.48. The van der Waals surface area contributed by atoms with Gasteiger partial charge in [-0.3, -0.25) is 0 Å². The van der Waals surface area contributed by atoms with Crippen LogP contribution in [0.1, 0.15) is 35.2 Å². The molecular formula is C15H17N3S. The molecule has 1 heterocycles. The summed E-state index contributed by atoms with van der Waals surface area (Å²) in [6.45, 7) is 2.57. The van der Waals surface area contributed by atoms with Gasteiger partial charge in [-0.1, -0.05) is 37.6 Å². The topological polar surface area (TPSA) is 62.7 Å². The zero-order valence-electron chi connectivity index (χ0n) is 11.0. The SMILES string of the molecule is CCCCc1ccc(-c2nc(CN)sc2C#N)cc1. The minimum Gasteiger partial charge on any atom is -0.325 e. The monoisotopic (exact) mass is 271 g/mol. The summed E-state index contributed by atoms with van der Waals surface area (Å²) in [5, 5.41) is 9.95. The van der Waals surface area contributed by atoms with Gasteiger partial charge in [-0.2, -0.15) is 5.26 Å². The van der Waals surface area contributed by atoms with Gasteiger partial charge in [0.05, 0.1) is 5.69 Å². The minimum absolute atomic E-state index is 0.383. The molecule has 0 saturated carbocycles. The summed E-state index contributed by atoms with van der Waals surface area (Å²) >= 11 is 1.38. The lowest BCUT2D eigenvalue weighted by Gasteiger charge is -2.02. The number of aromatic nitrogens is 1. The van der Waals surface area contributed by atoms with E-state index in [4.69, 9.17) is 11.0 Å². The van der Waals surface area contributed by atoms with Crippen LogP contribution in [0.5, 0.6) is 0 Å². The van der Waals surface area contributed by atoms with Crippen LogP contribution in [0.3, 0.4) is 0 Å². The number of nitrogens with two attached hydrogens (primary N) is 1. The third kappa shape index (κ3) is 3.19. The van der Waals surface area contributed by atoms with Gasteiger partial charge in [0.1, 0.15) is 16.0 Å². The quantitative estimate of drug-likeness (QED) is 0.905. The molecule has 0 fully saturated rings. The number of rotatable bonds is 5. The van der Waals surface area contributed by atoms with Crippen molar-refractivity contribution in [1.82, 2.24) is 4.98 Å². The first kappa shape index (κ1) is 13.7. The van der Waals surface area contributed by atoms with Gasteiger partial charge in [0, 0.05) is 12.1 Å². The fourth-order valence-corrected chi connectivity index (χ4v) is 2.70. The lowest BCUT2D eigenvalue weighted by molar-refractivity contribution is 0.795. The second-order valence-corrected chi connectivity index (χ2v) is 5.49. The summed E-state index contributed by atoms with van der Waals surface area (Å²) in [5.74, 6) is 0. The van der Waals surface area contributed by atoms with Crippen molar-refractivity contribution >= 4 is 11.3 Å². The number of thiazole rings is 1. The second-order valence-electron chi connectivity index (χ2n) is 4.40. The van der Waals surface area contributed by atoms with Crippen LogP contribution in [0.15, 0.2) is 24.3 Å². The van der Waals surface area contributed by atoms with Crippen LogP contribution in [0.4, 0.5) is 0 Å². The average molecular weight is 271 g/mol. The smallest absolute Gasteiger partial charge is 0.132 e. The maximum absolute atomic E-state index is 9.14. The van der Waals surface area contributed by atoms with Gasteiger partial charge in [0.15, 0.2) is 0 Å². The Morgan fingerprint density at radius 1 is 1.32 bits per heavy atom. The van der Waals surface area contributed by atoms with Crippen molar-refractivity contribution in [3.63, 3.8) is 0 Å². The van der Waals surface area contributed by atoms with Crippen molar-refractivity contribution < 1.29 is 0 Å². The van der Waals surface area contributed by atoms with Crippen LogP contribution in [0, 0.1) is 11.3 Å². The van der Waals surface area contributed by atoms with Crippen molar-refractivity contribution in [2.24, 2.45) is 5.73 Å². The third-order valence-electron chi connectivity index (χ3n) is 2.99. The van der Waals surface area contributed by atoms with Crippen molar-refractivity contribution in [2.75, 3.05) is 0 Å². The van der Waals surface area contributed by atoms with E-state index in [0.717, 1.165) is 22.7 Å². The molecule has 0 spiro atoms. The molecule has 3 nitrogen and oxygen atoms in total. The first-order chi connectivity index (χ1) is 9.28. The summed E-state index contributed by atoms with van der Waals surface area (Å²) in [4.78, 5) is 5.07. The first-order valence-corrected chi connectivity index (χ1v) is 7.29. The largest absolute Gasteiger partial charge is 0.325 e. The molecule has 4 heteroatoms. The number of benzene rings is 1. The third-order valence-corrected chi connectivity index (χ3v) is 3.98. The van der Waals surface area contributed by atoms with Crippen molar-refractivity contribution in [3.8, 4) is 17.3 Å². The summed E-state index contributed by atoms with van der Waals surface area (Å²) in [5.41, 5.74) is 8.67. The van der Waals surface area contributed by atoms with E-state index in [-0.39, 0.29) is 0 Å². The van der Waals surface area contributed by atoms with E-state index in [1.54, 1.807) is 0 Å². The Balaban J connectivity index is 2.27. The molecule has 0 aliphatic rings. The number of unbranched alkanes of at least 4 members (excludes halogenated alkanes) is 1. The molecule has 0 bridgehead atoms. The van der Waals surface area contributed by atoms with Crippen LogP contribution >= 0.6 is 11.3 Å². The minimum atomic E-state index is 0.383. The normalized spacial score (nSPS) is 10.4. The van der Waals surface area contributed by atoms with Gasteiger partial charge in [-0.05, 0) is 18.4 Å². The van der Waals surface area contributed by atoms with Crippen LogP contribution in [0.2, 0.25) is 0 Å². The molecule has 2 aromatic rings. The summed E-state index contributed by atoms with van der Waals surface area (Å²) in [6.07, 6.45) is 3.51. The van der Waals surface area contributed by atoms with E-state index in [2.05, 4.69) is 30.1 Å². The Kier molecular flexibility index (Phi) is 4.67. The summed E-state index contributed by atoms with van der Waals surface area (Å²) in [7, 11) is 0. The Morgan fingerprint density at radius 3 is 2.63 bits per heavy atom. The Hall–Kier alpha value is -1.70. The first-order valence-electron chi connectivity index (χ1n) is 6.47. The number of nitrogens with zero attached hydrogens (tertiary/aromatic N) is 2. The Labute approximate surface area is 117 Å². The van der Waals surface area contributed by atoms with Crippen LogP contribution in [0.25, 0.3) is 11.3 Å². The summed E-state index contributed by atoms with van der Waals surface area (Å²) < 4.78 is 0. The highest BCUT2D eigenvalue weighted by molar-refractivity contribution is 7.12. The van der Waals surface area contributed by atoms with Crippen molar-refractivity contribution in [1.29, 1.82) is 5.26 Å². The highest BCUT2D eigenvalue weighted by atomic mass is 32.1. The van der Waals surface area contributed by atoms with Gasteiger partial charge in [-0.25, -0.2) is 4.98 Å². The lowest BCUT2D eigenvalue weighted by atomic mass is 10.0. The molecule has 1 aromatic carbocycles. The fraction of sp³-hybridized carbons (Fsp3) is 0.333. The zero-order chi connectivity index (χ0) is 13.7. The maximum Gasteiger partial charge on any atom is 0.132 e. The van der Waals surface area contributed by atoms with Crippen LogP contribution in [-0.4, -0.2) is 4.98 Å². The Morgan fingerprint density at radius 2 is 2.05 bits per heavy atom. The molecule has 0 unspecified atom stereocenters. The molecule has 0 aliphatic heterocycles. The van der Waals surface area contributed by atoms with E-state index in [0.29, 0.717) is 11.4 Å². The van der Waals surface area contributed by atoms with Gasteiger partial charge in [-0.15, -0.1) is 11.3 Å².